The van der Waals surface area contributed by atoms with E-state index in [4.69, 9.17) is 10.00 Å². The van der Waals surface area contributed by atoms with Crippen molar-refractivity contribution in [3.8, 4) is 11.8 Å². The normalized spacial score (nSPS) is 23.4. The molecule has 0 saturated heterocycles. The summed E-state index contributed by atoms with van der Waals surface area (Å²) >= 11 is 0. The van der Waals surface area contributed by atoms with Gasteiger partial charge < -0.3 is 4.74 Å². The highest BCUT2D eigenvalue weighted by atomic mass is 19.1. The average Bonchev–Trinajstić information content (AvgIpc) is 2.38. The molecule has 0 N–H and O–H groups in total. The molecule has 2 unspecified atom stereocenters. The zero-order chi connectivity index (χ0) is 13.0. The fraction of sp³-hybridized carbons (Fsp3) is 0.533. The highest BCUT2D eigenvalue weighted by Gasteiger charge is 2.22. The number of benzene rings is 1. The molecular weight excluding hydrogens is 229 g/mol. The topological polar surface area (TPSA) is 33.0 Å². The van der Waals surface area contributed by atoms with Gasteiger partial charge in [-0.25, -0.2) is 4.39 Å². The van der Waals surface area contributed by atoms with Gasteiger partial charge >= 0.3 is 0 Å². The van der Waals surface area contributed by atoms with Crippen LogP contribution in [-0.4, -0.2) is 6.10 Å². The molecule has 2 nitrogen and oxygen atoms in total. The van der Waals surface area contributed by atoms with E-state index >= 15 is 0 Å². The van der Waals surface area contributed by atoms with Gasteiger partial charge in [0, 0.05) is 6.07 Å². The Morgan fingerprint density at radius 2 is 2.22 bits per heavy atom. The van der Waals surface area contributed by atoms with E-state index < -0.39 is 5.82 Å². The first kappa shape index (κ1) is 12.9. The molecule has 1 aliphatic rings. The van der Waals surface area contributed by atoms with Crippen LogP contribution < -0.4 is 4.74 Å². The molecule has 1 saturated carbocycles. The van der Waals surface area contributed by atoms with Crippen LogP contribution in [0.25, 0.3) is 0 Å². The summed E-state index contributed by atoms with van der Waals surface area (Å²) in [4.78, 5) is 0. The Kier molecular flexibility index (Phi) is 4.19. The fourth-order valence-corrected chi connectivity index (χ4v) is 2.61. The highest BCUT2D eigenvalue weighted by Crippen LogP contribution is 2.30. The smallest absolute Gasteiger partial charge is 0.128 e. The molecule has 96 valence electrons. The molecule has 1 aromatic rings. The monoisotopic (exact) mass is 247 g/mol. The van der Waals surface area contributed by atoms with E-state index in [9.17, 15) is 4.39 Å². The Morgan fingerprint density at radius 1 is 1.39 bits per heavy atom. The zero-order valence-corrected chi connectivity index (χ0v) is 10.7. The van der Waals surface area contributed by atoms with E-state index in [1.807, 2.05) is 6.07 Å². The van der Waals surface area contributed by atoms with Gasteiger partial charge in [0.2, 0.25) is 0 Å². The van der Waals surface area contributed by atoms with Crippen molar-refractivity contribution in [3.63, 3.8) is 0 Å². The molecule has 2 atom stereocenters. The quantitative estimate of drug-likeness (QED) is 0.807. The lowest BCUT2D eigenvalue weighted by Gasteiger charge is -2.29. The van der Waals surface area contributed by atoms with Gasteiger partial charge in [-0.2, -0.15) is 5.26 Å². The van der Waals surface area contributed by atoms with Crippen molar-refractivity contribution in [1.82, 2.24) is 0 Å². The van der Waals surface area contributed by atoms with Gasteiger partial charge in [0.25, 0.3) is 0 Å². The maximum atomic E-state index is 13.3. The molecule has 3 heteroatoms. The molecule has 1 aromatic carbocycles. The van der Waals surface area contributed by atoms with E-state index in [1.165, 1.54) is 31.4 Å². The van der Waals surface area contributed by atoms with Crippen molar-refractivity contribution < 1.29 is 9.13 Å². The average molecular weight is 247 g/mol. The second kappa shape index (κ2) is 5.86. The first-order chi connectivity index (χ1) is 8.71. The van der Waals surface area contributed by atoms with Gasteiger partial charge in [-0.15, -0.1) is 0 Å². The van der Waals surface area contributed by atoms with Crippen molar-refractivity contribution in [1.29, 1.82) is 5.26 Å². The summed E-state index contributed by atoms with van der Waals surface area (Å²) < 4.78 is 19.1. The molecule has 0 aromatic heterocycles. The SMILES string of the molecule is CCC1CCCC(Oc2cc(F)cc(C#N)c2)C1. The van der Waals surface area contributed by atoms with Gasteiger partial charge in [-0.3, -0.25) is 0 Å². The van der Waals surface area contributed by atoms with Crippen molar-refractivity contribution in [2.75, 3.05) is 0 Å². The minimum absolute atomic E-state index is 0.164. The van der Waals surface area contributed by atoms with Crippen LogP contribution in [0.4, 0.5) is 4.39 Å². The van der Waals surface area contributed by atoms with Gasteiger partial charge in [-0.1, -0.05) is 19.8 Å². The predicted molar refractivity (Wildman–Crippen MR) is 67.8 cm³/mol. The molecule has 0 amide bonds. The predicted octanol–water partition coefficient (Wildman–Crippen LogP) is 4.04. The number of ether oxygens (including phenoxy) is 1. The largest absolute Gasteiger partial charge is 0.490 e. The highest BCUT2D eigenvalue weighted by molar-refractivity contribution is 5.37. The number of rotatable bonds is 3. The number of nitrogens with zero attached hydrogens (tertiary/aromatic N) is 1. The van der Waals surface area contributed by atoms with Gasteiger partial charge in [0.05, 0.1) is 17.7 Å². The summed E-state index contributed by atoms with van der Waals surface area (Å²) in [7, 11) is 0. The molecule has 1 aliphatic carbocycles. The van der Waals surface area contributed by atoms with Crippen LogP contribution in [0.2, 0.25) is 0 Å². The number of nitriles is 1. The van der Waals surface area contributed by atoms with E-state index in [-0.39, 0.29) is 6.10 Å². The Hall–Kier alpha value is -1.56. The summed E-state index contributed by atoms with van der Waals surface area (Å²) in [6.45, 7) is 2.20. The maximum Gasteiger partial charge on any atom is 0.128 e. The van der Waals surface area contributed by atoms with Crippen molar-refractivity contribution in [3.05, 3.63) is 29.6 Å². The van der Waals surface area contributed by atoms with Crippen LogP contribution in [0.15, 0.2) is 18.2 Å². The number of hydrogen-bond donors (Lipinski definition) is 0. The summed E-state index contributed by atoms with van der Waals surface area (Å²) in [5.74, 6) is 0.785. The standard InChI is InChI=1S/C15H18FNO/c1-2-11-4-3-5-14(7-11)18-15-8-12(10-17)6-13(16)9-15/h6,8-9,11,14H,2-5,7H2,1H3. The molecule has 0 bridgehead atoms. The lowest BCUT2D eigenvalue weighted by atomic mass is 9.85. The molecule has 18 heavy (non-hydrogen) atoms. The summed E-state index contributed by atoms with van der Waals surface area (Å²) in [5.41, 5.74) is 0.313. The third-order valence-electron chi connectivity index (χ3n) is 3.62. The Labute approximate surface area is 107 Å². The van der Waals surface area contributed by atoms with Gasteiger partial charge in [-0.05, 0) is 37.3 Å². The summed E-state index contributed by atoms with van der Waals surface area (Å²) in [6.07, 6.45) is 5.83. The minimum Gasteiger partial charge on any atom is -0.490 e. The minimum atomic E-state index is -0.410. The Bertz CT molecular complexity index is 452. The lowest BCUT2D eigenvalue weighted by molar-refractivity contribution is 0.121. The zero-order valence-electron chi connectivity index (χ0n) is 10.7. The second-order valence-corrected chi connectivity index (χ2v) is 4.97. The lowest BCUT2D eigenvalue weighted by Crippen LogP contribution is -2.25. The number of hydrogen-bond acceptors (Lipinski definition) is 2. The third kappa shape index (κ3) is 3.22. The first-order valence-electron chi connectivity index (χ1n) is 6.58. The third-order valence-corrected chi connectivity index (χ3v) is 3.62. The van der Waals surface area contributed by atoms with E-state index in [0.717, 1.165) is 12.8 Å². The maximum absolute atomic E-state index is 13.3. The summed E-state index contributed by atoms with van der Waals surface area (Å²) in [5, 5.41) is 8.80. The molecular formula is C15H18FNO. The molecule has 0 aliphatic heterocycles. The molecule has 0 spiro atoms. The summed E-state index contributed by atoms with van der Waals surface area (Å²) in [6, 6.07) is 6.14. The van der Waals surface area contributed by atoms with E-state index in [2.05, 4.69) is 6.92 Å². The fourth-order valence-electron chi connectivity index (χ4n) is 2.61. The molecule has 1 fully saturated rings. The van der Waals surface area contributed by atoms with Crippen LogP contribution in [0.1, 0.15) is 44.6 Å². The van der Waals surface area contributed by atoms with Crippen LogP contribution in [0.5, 0.6) is 5.75 Å². The molecule has 2 rings (SSSR count). The van der Waals surface area contributed by atoms with E-state index in [1.54, 1.807) is 6.07 Å². The van der Waals surface area contributed by atoms with E-state index in [0.29, 0.717) is 17.2 Å². The molecule has 0 radical (unpaired) electrons. The van der Waals surface area contributed by atoms with Crippen LogP contribution in [0.3, 0.4) is 0 Å². The van der Waals surface area contributed by atoms with Crippen molar-refractivity contribution >= 4 is 0 Å². The van der Waals surface area contributed by atoms with Crippen LogP contribution in [0, 0.1) is 23.1 Å². The van der Waals surface area contributed by atoms with Crippen LogP contribution in [-0.2, 0) is 0 Å². The van der Waals surface area contributed by atoms with Crippen LogP contribution >= 0.6 is 0 Å². The number of halogens is 1. The first-order valence-corrected chi connectivity index (χ1v) is 6.58. The van der Waals surface area contributed by atoms with Crippen molar-refractivity contribution in [2.45, 2.75) is 45.1 Å². The van der Waals surface area contributed by atoms with Gasteiger partial charge in [0.1, 0.15) is 11.6 Å². The van der Waals surface area contributed by atoms with Gasteiger partial charge in [0.15, 0.2) is 0 Å². The molecule has 0 heterocycles. The Morgan fingerprint density at radius 3 is 2.94 bits per heavy atom. The second-order valence-electron chi connectivity index (χ2n) is 4.97. The van der Waals surface area contributed by atoms with Crippen molar-refractivity contribution in [2.24, 2.45) is 5.92 Å². The Balaban J connectivity index is 2.05.